The number of hydrogen-bond acceptors (Lipinski definition) is 3. The lowest BCUT2D eigenvalue weighted by Crippen LogP contribution is -2.31. The molecule has 0 aliphatic heterocycles. The summed E-state index contributed by atoms with van der Waals surface area (Å²) in [6.45, 7) is 4.04. The molecule has 0 bridgehead atoms. The number of carbonyl (C=O) groups excluding carboxylic acids is 1. The molecule has 0 saturated heterocycles. The predicted octanol–water partition coefficient (Wildman–Crippen LogP) is 3.56. The highest BCUT2D eigenvalue weighted by Crippen LogP contribution is 2.24. The fourth-order valence-electron chi connectivity index (χ4n) is 2.87. The lowest BCUT2D eigenvalue weighted by atomic mass is 10.0. The summed E-state index contributed by atoms with van der Waals surface area (Å²) in [5.41, 5.74) is 3.80. The van der Waals surface area contributed by atoms with Gasteiger partial charge in [-0.3, -0.25) is 4.79 Å². The van der Waals surface area contributed by atoms with Crippen molar-refractivity contribution >= 4 is 5.91 Å². The number of imidazole rings is 1. The van der Waals surface area contributed by atoms with Crippen LogP contribution in [-0.4, -0.2) is 22.6 Å². The number of carbonyl (C=O) groups is 1. The molecule has 0 radical (unpaired) electrons. The SMILES string of the molecule is COc1cccc([C@H](NC(=O)c2ccc(C)c(C)c2)c2nccn2C)c1. The van der Waals surface area contributed by atoms with E-state index in [4.69, 9.17) is 4.74 Å². The molecule has 2 aromatic carbocycles. The van der Waals surface area contributed by atoms with E-state index in [-0.39, 0.29) is 11.9 Å². The Kier molecular flexibility index (Phi) is 5.07. The van der Waals surface area contributed by atoms with Crippen molar-refractivity contribution in [2.45, 2.75) is 19.9 Å². The first kappa shape index (κ1) is 17.7. The van der Waals surface area contributed by atoms with Gasteiger partial charge < -0.3 is 14.6 Å². The number of amides is 1. The number of benzene rings is 2. The minimum Gasteiger partial charge on any atom is -0.497 e. The summed E-state index contributed by atoms with van der Waals surface area (Å²) in [4.78, 5) is 17.3. The molecule has 0 unspecified atom stereocenters. The molecular weight excluding hydrogens is 326 g/mol. The monoisotopic (exact) mass is 349 g/mol. The van der Waals surface area contributed by atoms with Crippen LogP contribution in [0, 0.1) is 13.8 Å². The van der Waals surface area contributed by atoms with Gasteiger partial charge in [-0.25, -0.2) is 4.98 Å². The summed E-state index contributed by atoms with van der Waals surface area (Å²) in [5, 5.41) is 3.11. The van der Waals surface area contributed by atoms with E-state index in [0.29, 0.717) is 5.56 Å². The molecule has 1 aromatic heterocycles. The van der Waals surface area contributed by atoms with E-state index in [0.717, 1.165) is 28.3 Å². The second-order valence-electron chi connectivity index (χ2n) is 6.38. The van der Waals surface area contributed by atoms with Crippen LogP contribution in [0.15, 0.2) is 54.9 Å². The quantitative estimate of drug-likeness (QED) is 0.766. The topological polar surface area (TPSA) is 56.1 Å². The van der Waals surface area contributed by atoms with Crippen molar-refractivity contribution in [3.63, 3.8) is 0 Å². The first-order valence-corrected chi connectivity index (χ1v) is 8.49. The maximum atomic E-state index is 12.9. The lowest BCUT2D eigenvalue weighted by molar-refractivity contribution is 0.0941. The number of rotatable bonds is 5. The molecule has 134 valence electrons. The van der Waals surface area contributed by atoms with E-state index in [9.17, 15) is 4.79 Å². The molecule has 1 atom stereocenters. The van der Waals surface area contributed by atoms with Crippen molar-refractivity contribution in [2.24, 2.45) is 7.05 Å². The summed E-state index contributed by atoms with van der Waals surface area (Å²) >= 11 is 0. The normalized spacial score (nSPS) is 11.8. The van der Waals surface area contributed by atoms with Gasteiger partial charge in [-0.05, 0) is 54.8 Å². The Labute approximate surface area is 153 Å². The van der Waals surface area contributed by atoms with Crippen LogP contribution in [0.5, 0.6) is 5.75 Å². The smallest absolute Gasteiger partial charge is 0.252 e. The number of aryl methyl sites for hydroxylation is 3. The third-order valence-electron chi connectivity index (χ3n) is 4.59. The van der Waals surface area contributed by atoms with Gasteiger partial charge in [-0.2, -0.15) is 0 Å². The number of ether oxygens (including phenoxy) is 1. The first-order valence-electron chi connectivity index (χ1n) is 8.49. The number of methoxy groups -OCH3 is 1. The van der Waals surface area contributed by atoms with E-state index in [1.165, 1.54) is 0 Å². The van der Waals surface area contributed by atoms with Crippen molar-refractivity contribution in [1.29, 1.82) is 0 Å². The molecule has 0 aliphatic carbocycles. The number of nitrogens with zero attached hydrogens (tertiary/aromatic N) is 2. The Morgan fingerprint density at radius 1 is 1.15 bits per heavy atom. The van der Waals surface area contributed by atoms with Crippen LogP contribution >= 0.6 is 0 Å². The van der Waals surface area contributed by atoms with Crippen molar-refractivity contribution in [3.8, 4) is 5.75 Å². The minimum atomic E-state index is -0.376. The van der Waals surface area contributed by atoms with Gasteiger partial charge in [0.15, 0.2) is 0 Å². The highest BCUT2D eigenvalue weighted by atomic mass is 16.5. The van der Waals surface area contributed by atoms with E-state index < -0.39 is 0 Å². The molecule has 0 aliphatic rings. The molecule has 1 N–H and O–H groups in total. The second-order valence-corrected chi connectivity index (χ2v) is 6.38. The summed E-state index contributed by atoms with van der Waals surface area (Å²) < 4.78 is 7.24. The minimum absolute atomic E-state index is 0.135. The largest absolute Gasteiger partial charge is 0.497 e. The Balaban J connectivity index is 1.97. The van der Waals surface area contributed by atoms with Gasteiger partial charge in [-0.1, -0.05) is 18.2 Å². The van der Waals surface area contributed by atoms with Crippen LogP contribution in [0.2, 0.25) is 0 Å². The predicted molar refractivity (Wildman–Crippen MR) is 101 cm³/mol. The molecule has 1 amide bonds. The Morgan fingerprint density at radius 3 is 2.62 bits per heavy atom. The molecule has 1 heterocycles. The first-order chi connectivity index (χ1) is 12.5. The molecule has 26 heavy (non-hydrogen) atoms. The van der Waals surface area contributed by atoms with Crippen molar-refractivity contribution in [3.05, 3.63) is 82.9 Å². The summed E-state index contributed by atoms with van der Waals surface area (Å²) in [5.74, 6) is 1.36. The third kappa shape index (κ3) is 3.61. The van der Waals surface area contributed by atoms with Crippen LogP contribution in [0.25, 0.3) is 0 Å². The van der Waals surface area contributed by atoms with Gasteiger partial charge in [-0.15, -0.1) is 0 Å². The van der Waals surface area contributed by atoms with Crippen molar-refractivity contribution in [2.75, 3.05) is 7.11 Å². The average Bonchev–Trinajstić information content (AvgIpc) is 3.07. The van der Waals surface area contributed by atoms with E-state index in [1.54, 1.807) is 13.3 Å². The maximum absolute atomic E-state index is 12.9. The number of hydrogen-bond donors (Lipinski definition) is 1. The summed E-state index contributed by atoms with van der Waals surface area (Å²) in [6, 6.07) is 13.0. The molecule has 5 nitrogen and oxygen atoms in total. The molecule has 0 spiro atoms. The highest BCUT2D eigenvalue weighted by molar-refractivity contribution is 5.95. The zero-order valence-electron chi connectivity index (χ0n) is 15.5. The number of aromatic nitrogens is 2. The fourth-order valence-corrected chi connectivity index (χ4v) is 2.87. The van der Waals surface area contributed by atoms with Crippen LogP contribution in [-0.2, 0) is 7.05 Å². The zero-order chi connectivity index (χ0) is 18.7. The van der Waals surface area contributed by atoms with Crippen molar-refractivity contribution < 1.29 is 9.53 Å². The molecule has 3 rings (SSSR count). The standard InChI is InChI=1S/C21H23N3O2/c1-14-8-9-17(12-15(14)2)21(25)23-19(20-22-10-11-24(20)3)16-6-5-7-18(13-16)26-4/h5-13,19H,1-4H3,(H,23,25)/t19-/m0/s1. The van der Waals surface area contributed by atoms with E-state index in [1.807, 2.05) is 74.1 Å². The van der Waals surface area contributed by atoms with Crippen LogP contribution in [0.4, 0.5) is 0 Å². The van der Waals surface area contributed by atoms with Crippen LogP contribution < -0.4 is 10.1 Å². The molecule has 5 heteroatoms. The highest BCUT2D eigenvalue weighted by Gasteiger charge is 2.22. The molecule has 3 aromatic rings. The maximum Gasteiger partial charge on any atom is 0.252 e. The molecular formula is C21H23N3O2. The lowest BCUT2D eigenvalue weighted by Gasteiger charge is -2.20. The Bertz CT molecular complexity index is 931. The van der Waals surface area contributed by atoms with Gasteiger partial charge in [0, 0.05) is 25.0 Å². The Morgan fingerprint density at radius 2 is 1.96 bits per heavy atom. The van der Waals surface area contributed by atoms with Gasteiger partial charge in [0.05, 0.1) is 7.11 Å². The number of nitrogens with one attached hydrogen (secondary N) is 1. The zero-order valence-corrected chi connectivity index (χ0v) is 15.5. The van der Waals surface area contributed by atoms with Gasteiger partial charge >= 0.3 is 0 Å². The van der Waals surface area contributed by atoms with Gasteiger partial charge in [0.2, 0.25) is 0 Å². The van der Waals surface area contributed by atoms with Crippen LogP contribution in [0.1, 0.15) is 38.9 Å². The second kappa shape index (κ2) is 7.44. The van der Waals surface area contributed by atoms with E-state index in [2.05, 4.69) is 10.3 Å². The van der Waals surface area contributed by atoms with Crippen molar-refractivity contribution in [1.82, 2.24) is 14.9 Å². The Hall–Kier alpha value is -3.08. The van der Waals surface area contributed by atoms with Gasteiger partial charge in [0.25, 0.3) is 5.91 Å². The third-order valence-corrected chi connectivity index (χ3v) is 4.59. The van der Waals surface area contributed by atoms with E-state index >= 15 is 0 Å². The van der Waals surface area contributed by atoms with Gasteiger partial charge in [0.1, 0.15) is 17.6 Å². The van der Waals surface area contributed by atoms with Crippen LogP contribution in [0.3, 0.4) is 0 Å². The molecule has 0 saturated carbocycles. The fraction of sp³-hybridized carbons (Fsp3) is 0.238. The summed E-state index contributed by atoms with van der Waals surface area (Å²) in [6.07, 6.45) is 3.59. The average molecular weight is 349 g/mol. The molecule has 0 fully saturated rings. The summed E-state index contributed by atoms with van der Waals surface area (Å²) in [7, 11) is 3.54.